The predicted molar refractivity (Wildman–Crippen MR) is 80.3 cm³/mol. The molecule has 6 heteroatoms. The summed E-state index contributed by atoms with van der Waals surface area (Å²) >= 11 is 5.72. The van der Waals surface area contributed by atoms with Gasteiger partial charge in [0.25, 0.3) is 0 Å². The predicted octanol–water partition coefficient (Wildman–Crippen LogP) is 3.82. The molecule has 1 aliphatic carbocycles. The number of nitrogens with zero attached hydrogens (tertiary/aromatic N) is 1. The highest BCUT2D eigenvalue weighted by molar-refractivity contribution is 7.89. The van der Waals surface area contributed by atoms with E-state index in [-0.39, 0.29) is 16.0 Å². The first-order valence-corrected chi connectivity index (χ1v) is 9.29. The smallest absolute Gasteiger partial charge is 0.207 e. The van der Waals surface area contributed by atoms with Crippen LogP contribution in [0.3, 0.4) is 0 Å². The Labute approximate surface area is 130 Å². The summed E-state index contributed by atoms with van der Waals surface area (Å²) in [5.41, 5.74) is 0. The first kappa shape index (κ1) is 15.3. The van der Waals surface area contributed by atoms with Gasteiger partial charge in [0.05, 0.1) is 0 Å². The zero-order chi connectivity index (χ0) is 15.0. The van der Waals surface area contributed by atoms with Gasteiger partial charge in [0.2, 0.25) is 10.0 Å². The van der Waals surface area contributed by atoms with E-state index in [2.05, 4.69) is 0 Å². The molecule has 1 aliphatic heterocycles. The molecule has 2 unspecified atom stereocenters. The Kier molecular flexibility index (Phi) is 4.26. The Morgan fingerprint density at radius 2 is 1.86 bits per heavy atom. The third kappa shape index (κ3) is 2.83. The quantitative estimate of drug-likeness (QED) is 0.826. The van der Waals surface area contributed by atoms with Crippen LogP contribution in [0.25, 0.3) is 0 Å². The van der Waals surface area contributed by atoms with Crippen LogP contribution in [-0.4, -0.2) is 25.3 Å². The van der Waals surface area contributed by atoms with Crippen molar-refractivity contribution in [2.75, 3.05) is 6.54 Å². The number of sulfonamides is 1. The van der Waals surface area contributed by atoms with Crippen molar-refractivity contribution in [3.05, 3.63) is 29.0 Å². The minimum atomic E-state index is -3.78. The highest BCUT2D eigenvalue weighted by Gasteiger charge is 2.40. The van der Waals surface area contributed by atoms with Crippen LogP contribution in [0.15, 0.2) is 23.1 Å². The minimum absolute atomic E-state index is 0.0348. The van der Waals surface area contributed by atoms with Crippen LogP contribution >= 0.6 is 11.6 Å². The summed E-state index contributed by atoms with van der Waals surface area (Å²) in [5, 5.41) is 0.209. The molecule has 0 spiro atoms. The molecule has 1 aromatic carbocycles. The Balaban J connectivity index is 1.96. The Morgan fingerprint density at radius 1 is 1.14 bits per heavy atom. The number of hydrogen-bond acceptors (Lipinski definition) is 2. The summed E-state index contributed by atoms with van der Waals surface area (Å²) in [6.45, 7) is 0.492. The topological polar surface area (TPSA) is 37.4 Å². The second-order valence-corrected chi connectivity index (χ2v) is 8.24. The lowest BCUT2D eigenvalue weighted by atomic mass is 9.79. The van der Waals surface area contributed by atoms with E-state index in [9.17, 15) is 12.8 Å². The normalized spacial score (nSPS) is 27.3. The first-order valence-electron chi connectivity index (χ1n) is 7.47. The number of piperidine rings is 1. The maximum atomic E-state index is 14.0. The van der Waals surface area contributed by atoms with E-state index in [0.717, 1.165) is 38.2 Å². The number of rotatable bonds is 2. The zero-order valence-corrected chi connectivity index (χ0v) is 13.3. The molecule has 2 fully saturated rings. The fraction of sp³-hybridized carbons (Fsp3) is 0.600. The van der Waals surface area contributed by atoms with Gasteiger partial charge in [-0.3, -0.25) is 0 Å². The summed E-state index contributed by atoms with van der Waals surface area (Å²) in [4.78, 5) is -0.252. The number of hydrogen-bond donors (Lipinski definition) is 0. The van der Waals surface area contributed by atoms with Gasteiger partial charge < -0.3 is 0 Å². The number of benzene rings is 1. The van der Waals surface area contributed by atoms with Gasteiger partial charge in [-0.2, -0.15) is 4.31 Å². The highest BCUT2D eigenvalue weighted by atomic mass is 35.5. The van der Waals surface area contributed by atoms with Crippen molar-refractivity contribution in [1.82, 2.24) is 4.31 Å². The van der Waals surface area contributed by atoms with Gasteiger partial charge in [0.1, 0.15) is 10.7 Å². The Morgan fingerprint density at radius 3 is 2.62 bits per heavy atom. The minimum Gasteiger partial charge on any atom is -0.207 e. The van der Waals surface area contributed by atoms with Crippen molar-refractivity contribution in [3.63, 3.8) is 0 Å². The van der Waals surface area contributed by atoms with Crippen LogP contribution in [-0.2, 0) is 10.0 Å². The second-order valence-electron chi connectivity index (χ2n) is 5.94. The lowest BCUT2D eigenvalue weighted by Gasteiger charge is -2.43. The first-order chi connectivity index (χ1) is 10.00. The van der Waals surface area contributed by atoms with Crippen LogP contribution < -0.4 is 0 Å². The monoisotopic (exact) mass is 331 g/mol. The molecule has 1 aromatic rings. The maximum Gasteiger partial charge on any atom is 0.246 e. The van der Waals surface area contributed by atoms with E-state index in [1.165, 1.54) is 22.9 Å². The van der Waals surface area contributed by atoms with E-state index >= 15 is 0 Å². The highest BCUT2D eigenvalue weighted by Crippen LogP contribution is 2.38. The summed E-state index contributed by atoms with van der Waals surface area (Å²) in [6, 6.07) is 3.81. The molecular weight excluding hydrogens is 313 g/mol. The van der Waals surface area contributed by atoms with Crippen LogP contribution in [0, 0.1) is 11.7 Å². The van der Waals surface area contributed by atoms with Crippen molar-refractivity contribution >= 4 is 21.6 Å². The molecular formula is C15H19ClFNO2S. The van der Waals surface area contributed by atoms with E-state index in [4.69, 9.17) is 11.6 Å². The third-order valence-corrected chi connectivity index (χ3v) is 6.87. The van der Waals surface area contributed by atoms with Gasteiger partial charge in [0, 0.05) is 17.6 Å². The van der Waals surface area contributed by atoms with Crippen LogP contribution in [0.2, 0.25) is 5.02 Å². The van der Waals surface area contributed by atoms with Gasteiger partial charge >= 0.3 is 0 Å². The van der Waals surface area contributed by atoms with Gasteiger partial charge in [-0.05, 0) is 49.8 Å². The largest absolute Gasteiger partial charge is 0.246 e. The SMILES string of the molecule is O=S(=O)(c1ccc(Cl)cc1F)N1CCCC2CCCCC21. The van der Waals surface area contributed by atoms with Crippen LogP contribution in [0.1, 0.15) is 38.5 Å². The molecule has 0 aromatic heterocycles. The molecule has 0 bridgehead atoms. The molecule has 3 nitrogen and oxygen atoms in total. The summed E-state index contributed by atoms with van der Waals surface area (Å²) in [7, 11) is -3.78. The number of halogens is 2. The van der Waals surface area contributed by atoms with Crippen LogP contribution in [0.5, 0.6) is 0 Å². The lowest BCUT2D eigenvalue weighted by molar-refractivity contribution is 0.129. The number of fused-ring (bicyclic) bond motifs is 1. The summed E-state index contributed by atoms with van der Waals surface area (Å²) in [6.07, 6.45) is 6.13. The molecule has 0 amide bonds. The van der Waals surface area contributed by atoms with E-state index in [1.807, 2.05) is 0 Å². The molecule has 1 heterocycles. The standard InChI is InChI=1S/C15H19ClFNO2S/c16-12-7-8-15(13(17)10-12)21(19,20)18-9-3-5-11-4-1-2-6-14(11)18/h7-8,10-11,14H,1-6,9H2. The molecule has 1 saturated heterocycles. The molecule has 3 rings (SSSR count). The fourth-order valence-electron chi connectivity index (χ4n) is 3.69. The summed E-state index contributed by atoms with van der Waals surface area (Å²) in [5.74, 6) is -0.335. The zero-order valence-electron chi connectivity index (χ0n) is 11.8. The van der Waals surface area contributed by atoms with Gasteiger partial charge in [0.15, 0.2) is 0 Å². The Bertz CT molecular complexity index is 633. The van der Waals surface area contributed by atoms with E-state index < -0.39 is 15.8 Å². The average molecular weight is 332 g/mol. The Hall–Kier alpha value is -0.650. The fourth-order valence-corrected chi connectivity index (χ4v) is 5.65. The van der Waals surface area contributed by atoms with Crippen molar-refractivity contribution in [2.45, 2.75) is 49.5 Å². The molecule has 116 valence electrons. The van der Waals surface area contributed by atoms with E-state index in [0.29, 0.717) is 12.5 Å². The van der Waals surface area contributed by atoms with E-state index in [1.54, 1.807) is 0 Å². The molecule has 2 aliphatic rings. The molecule has 0 radical (unpaired) electrons. The maximum absolute atomic E-state index is 14.0. The van der Waals surface area contributed by atoms with Crippen molar-refractivity contribution in [2.24, 2.45) is 5.92 Å². The average Bonchev–Trinajstić information content (AvgIpc) is 2.46. The third-order valence-electron chi connectivity index (χ3n) is 4.67. The van der Waals surface area contributed by atoms with Gasteiger partial charge in [-0.15, -0.1) is 0 Å². The van der Waals surface area contributed by atoms with Crippen molar-refractivity contribution in [1.29, 1.82) is 0 Å². The van der Waals surface area contributed by atoms with Crippen molar-refractivity contribution < 1.29 is 12.8 Å². The summed E-state index contributed by atoms with van der Waals surface area (Å²) < 4.78 is 41.2. The van der Waals surface area contributed by atoms with Gasteiger partial charge in [-0.1, -0.05) is 24.4 Å². The molecule has 0 N–H and O–H groups in total. The molecule has 2 atom stereocenters. The molecule has 21 heavy (non-hydrogen) atoms. The lowest BCUT2D eigenvalue weighted by Crippen LogP contribution is -2.49. The van der Waals surface area contributed by atoms with Crippen LogP contribution in [0.4, 0.5) is 4.39 Å². The second kappa shape index (κ2) is 5.86. The van der Waals surface area contributed by atoms with Crippen molar-refractivity contribution in [3.8, 4) is 0 Å². The molecule has 1 saturated carbocycles. The van der Waals surface area contributed by atoms with Gasteiger partial charge in [-0.25, -0.2) is 12.8 Å².